The van der Waals surface area contributed by atoms with Gasteiger partial charge in [-0.3, -0.25) is 10.1 Å². The first kappa shape index (κ1) is 13.8. The highest BCUT2D eigenvalue weighted by Gasteiger charge is 2.43. The molecule has 0 bridgehead atoms. The zero-order valence-corrected chi connectivity index (χ0v) is 12.2. The van der Waals surface area contributed by atoms with Crippen LogP contribution >= 0.6 is 0 Å². The maximum Gasteiger partial charge on any atom is 0.240 e. The van der Waals surface area contributed by atoms with Crippen LogP contribution in [0.3, 0.4) is 0 Å². The largest absolute Gasteiger partial charge is 0.324 e. The molecule has 2 fully saturated rings. The molecule has 4 heteroatoms. The second-order valence-corrected chi connectivity index (χ2v) is 6.10. The third-order valence-electron chi connectivity index (χ3n) is 4.81. The molecule has 2 aliphatic rings. The normalized spacial score (nSPS) is 31.6. The Morgan fingerprint density at radius 1 is 1.39 bits per heavy atom. The summed E-state index contributed by atoms with van der Waals surface area (Å²) in [5.74, 6) is 0.273. The monoisotopic (exact) mass is 253 g/mol. The summed E-state index contributed by atoms with van der Waals surface area (Å²) in [6, 6.07) is -0.0180. The standard InChI is InChI=1S/C14H27N3O/c1-5-12-15-11(2)13(18)17(12)10-14(16(3)4)8-6-7-9-14/h11-12,15H,5-10H2,1-4H3. The Labute approximate surface area is 111 Å². The Morgan fingerprint density at radius 2 is 2.00 bits per heavy atom. The fourth-order valence-corrected chi connectivity index (χ4v) is 3.48. The summed E-state index contributed by atoms with van der Waals surface area (Å²) >= 11 is 0. The van der Waals surface area contributed by atoms with Crippen molar-refractivity contribution in [3.05, 3.63) is 0 Å². The van der Waals surface area contributed by atoms with Crippen LogP contribution in [-0.4, -0.2) is 54.1 Å². The van der Waals surface area contributed by atoms with Gasteiger partial charge < -0.3 is 9.80 Å². The SMILES string of the molecule is CCC1NC(C)C(=O)N1CC1(N(C)C)CCCC1. The average Bonchev–Trinajstić information content (AvgIpc) is 2.90. The molecule has 104 valence electrons. The molecule has 1 aliphatic heterocycles. The van der Waals surface area contributed by atoms with E-state index in [1.54, 1.807) is 0 Å². The molecule has 1 aliphatic carbocycles. The molecule has 0 radical (unpaired) electrons. The van der Waals surface area contributed by atoms with Gasteiger partial charge >= 0.3 is 0 Å². The lowest BCUT2D eigenvalue weighted by molar-refractivity contribution is -0.131. The van der Waals surface area contributed by atoms with Crippen molar-refractivity contribution < 1.29 is 4.79 Å². The fourth-order valence-electron chi connectivity index (χ4n) is 3.48. The van der Waals surface area contributed by atoms with E-state index in [0.29, 0.717) is 0 Å². The van der Waals surface area contributed by atoms with Crippen molar-refractivity contribution in [3.63, 3.8) is 0 Å². The van der Waals surface area contributed by atoms with Crippen LogP contribution in [0, 0.1) is 0 Å². The second-order valence-electron chi connectivity index (χ2n) is 6.10. The molecule has 4 nitrogen and oxygen atoms in total. The number of hydrogen-bond donors (Lipinski definition) is 1. The number of nitrogens with one attached hydrogen (secondary N) is 1. The average molecular weight is 253 g/mol. The fraction of sp³-hybridized carbons (Fsp3) is 0.929. The van der Waals surface area contributed by atoms with E-state index in [0.717, 1.165) is 13.0 Å². The Balaban J connectivity index is 2.13. The van der Waals surface area contributed by atoms with Crippen molar-refractivity contribution in [3.8, 4) is 0 Å². The third kappa shape index (κ3) is 2.28. The third-order valence-corrected chi connectivity index (χ3v) is 4.81. The summed E-state index contributed by atoms with van der Waals surface area (Å²) in [6.45, 7) is 5.00. The van der Waals surface area contributed by atoms with E-state index >= 15 is 0 Å². The Morgan fingerprint density at radius 3 is 2.50 bits per heavy atom. The topological polar surface area (TPSA) is 35.6 Å². The summed E-state index contributed by atoms with van der Waals surface area (Å²) in [6.07, 6.45) is 6.23. The van der Waals surface area contributed by atoms with Gasteiger partial charge in [-0.15, -0.1) is 0 Å². The number of hydrogen-bond acceptors (Lipinski definition) is 3. The van der Waals surface area contributed by atoms with E-state index in [1.807, 2.05) is 6.92 Å². The number of amides is 1. The molecular formula is C14H27N3O. The van der Waals surface area contributed by atoms with E-state index in [9.17, 15) is 4.79 Å². The summed E-state index contributed by atoms with van der Waals surface area (Å²) in [5.41, 5.74) is 0.203. The minimum atomic E-state index is -0.0180. The lowest BCUT2D eigenvalue weighted by atomic mass is 9.95. The van der Waals surface area contributed by atoms with E-state index in [1.165, 1.54) is 25.7 Å². The van der Waals surface area contributed by atoms with Crippen molar-refractivity contribution in [2.75, 3.05) is 20.6 Å². The van der Waals surface area contributed by atoms with Crippen LogP contribution in [0.5, 0.6) is 0 Å². The van der Waals surface area contributed by atoms with Crippen molar-refractivity contribution >= 4 is 5.91 Å². The van der Waals surface area contributed by atoms with Gasteiger partial charge in [-0.25, -0.2) is 0 Å². The van der Waals surface area contributed by atoms with Crippen LogP contribution in [0.4, 0.5) is 0 Å². The Kier molecular flexibility index (Phi) is 3.97. The molecule has 1 saturated heterocycles. The highest BCUT2D eigenvalue weighted by molar-refractivity contribution is 5.84. The summed E-state index contributed by atoms with van der Waals surface area (Å²) in [7, 11) is 4.31. The summed E-state index contributed by atoms with van der Waals surface area (Å²) in [4.78, 5) is 16.7. The van der Waals surface area contributed by atoms with Crippen LogP contribution in [0.2, 0.25) is 0 Å². The molecule has 0 aromatic rings. The molecule has 1 heterocycles. The van der Waals surface area contributed by atoms with Crippen LogP contribution in [0.25, 0.3) is 0 Å². The van der Waals surface area contributed by atoms with Crippen molar-refractivity contribution in [1.29, 1.82) is 0 Å². The van der Waals surface area contributed by atoms with Crippen LogP contribution in [-0.2, 0) is 4.79 Å². The molecule has 1 saturated carbocycles. The zero-order chi connectivity index (χ0) is 13.3. The van der Waals surface area contributed by atoms with Crippen LogP contribution in [0.15, 0.2) is 0 Å². The van der Waals surface area contributed by atoms with Gasteiger partial charge in [0.05, 0.1) is 12.2 Å². The quantitative estimate of drug-likeness (QED) is 0.823. The predicted octanol–water partition coefficient (Wildman–Crippen LogP) is 1.42. The molecule has 0 aromatic heterocycles. The highest BCUT2D eigenvalue weighted by Crippen LogP contribution is 2.35. The summed E-state index contributed by atoms with van der Waals surface area (Å²) < 4.78 is 0. The van der Waals surface area contributed by atoms with Crippen LogP contribution < -0.4 is 5.32 Å². The Hall–Kier alpha value is -0.610. The number of nitrogens with zero attached hydrogens (tertiary/aromatic N) is 2. The Bertz CT molecular complexity index is 310. The number of carbonyl (C=O) groups excluding carboxylic acids is 1. The van der Waals surface area contributed by atoms with E-state index in [2.05, 4.69) is 36.1 Å². The van der Waals surface area contributed by atoms with Gasteiger partial charge in [-0.2, -0.15) is 0 Å². The molecule has 0 spiro atoms. The van der Waals surface area contributed by atoms with Gasteiger partial charge in [0.2, 0.25) is 5.91 Å². The molecule has 2 atom stereocenters. The van der Waals surface area contributed by atoms with Gasteiger partial charge in [0.1, 0.15) is 0 Å². The molecule has 1 amide bonds. The minimum absolute atomic E-state index is 0.0180. The summed E-state index contributed by atoms with van der Waals surface area (Å²) in [5, 5.41) is 3.39. The maximum absolute atomic E-state index is 12.3. The number of carbonyl (C=O) groups is 1. The van der Waals surface area contributed by atoms with Crippen molar-refractivity contribution in [2.24, 2.45) is 0 Å². The van der Waals surface area contributed by atoms with E-state index in [4.69, 9.17) is 0 Å². The predicted molar refractivity (Wildman–Crippen MR) is 73.3 cm³/mol. The van der Waals surface area contributed by atoms with E-state index < -0.39 is 0 Å². The van der Waals surface area contributed by atoms with E-state index in [-0.39, 0.29) is 23.7 Å². The molecule has 18 heavy (non-hydrogen) atoms. The van der Waals surface area contributed by atoms with Crippen molar-refractivity contribution in [2.45, 2.75) is 63.7 Å². The minimum Gasteiger partial charge on any atom is -0.324 e. The molecule has 1 N–H and O–H groups in total. The smallest absolute Gasteiger partial charge is 0.240 e. The van der Waals surface area contributed by atoms with Crippen LogP contribution in [0.1, 0.15) is 46.0 Å². The zero-order valence-electron chi connectivity index (χ0n) is 12.2. The van der Waals surface area contributed by atoms with Gasteiger partial charge in [0, 0.05) is 12.1 Å². The first-order valence-electron chi connectivity index (χ1n) is 7.24. The first-order valence-corrected chi connectivity index (χ1v) is 7.24. The van der Waals surface area contributed by atoms with Crippen molar-refractivity contribution in [1.82, 2.24) is 15.1 Å². The molecule has 0 aromatic carbocycles. The lowest BCUT2D eigenvalue weighted by Gasteiger charge is -2.41. The number of likely N-dealkylation sites (N-methyl/N-ethyl adjacent to an activating group) is 1. The van der Waals surface area contributed by atoms with Gasteiger partial charge in [-0.1, -0.05) is 19.8 Å². The first-order chi connectivity index (χ1) is 8.50. The lowest BCUT2D eigenvalue weighted by Crippen LogP contribution is -2.53. The molecule has 2 unspecified atom stereocenters. The van der Waals surface area contributed by atoms with Gasteiger partial charge in [-0.05, 0) is 40.3 Å². The number of rotatable bonds is 4. The maximum atomic E-state index is 12.3. The highest BCUT2D eigenvalue weighted by atomic mass is 16.2. The molecular weight excluding hydrogens is 226 g/mol. The molecule has 2 rings (SSSR count). The van der Waals surface area contributed by atoms with Gasteiger partial charge in [0.25, 0.3) is 0 Å². The van der Waals surface area contributed by atoms with Gasteiger partial charge in [0.15, 0.2) is 0 Å². The second kappa shape index (κ2) is 5.17.